The SMILES string of the molecule is CC(CO)Nc1ccc(-c2cc3nc(Cl)nc(N4CCOCC4)c3s2)cn1. The lowest BCUT2D eigenvalue weighted by Gasteiger charge is -2.28. The first-order chi connectivity index (χ1) is 13.1. The summed E-state index contributed by atoms with van der Waals surface area (Å²) in [4.78, 5) is 16.6. The van der Waals surface area contributed by atoms with Crippen molar-refractivity contribution < 1.29 is 9.84 Å². The lowest BCUT2D eigenvalue weighted by atomic mass is 10.2. The van der Waals surface area contributed by atoms with Gasteiger partial charge in [-0.05, 0) is 36.7 Å². The van der Waals surface area contributed by atoms with Crippen LogP contribution >= 0.6 is 22.9 Å². The molecule has 1 aliphatic heterocycles. The molecule has 0 saturated carbocycles. The number of hydrogen-bond acceptors (Lipinski definition) is 8. The molecule has 0 spiro atoms. The fourth-order valence-corrected chi connectivity index (χ4v) is 4.22. The number of morpholine rings is 1. The molecule has 1 atom stereocenters. The third-order valence-corrected chi connectivity index (χ3v) is 5.69. The van der Waals surface area contributed by atoms with Gasteiger partial charge in [-0.1, -0.05) is 0 Å². The van der Waals surface area contributed by atoms with E-state index in [1.807, 2.05) is 31.3 Å². The second-order valence-electron chi connectivity index (χ2n) is 6.40. The number of aliphatic hydroxyl groups is 1. The van der Waals surface area contributed by atoms with Gasteiger partial charge in [-0.15, -0.1) is 11.3 Å². The van der Waals surface area contributed by atoms with Crippen LogP contribution < -0.4 is 10.2 Å². The maximum absolute atomic E-state index is 9.14. The van der Waals surface area contributed by atoms with Crippen molar-refractivity contribution in [2.75, 3.05) is 43.1 Å². The Hall–Kier alpha value is -2.00. The smallest absolute Gasteiger partial charge is 0.224 e. The second-order valence-corrected chi connectivity index (χ2v) is 7.79. The Morgan fingerprint density at radius 1 is 1.33 bits per heavy atom. The minimum atomic E-state index is -0.0406. The minimum Gasteiger partial charge on any atom is -0.394 e. The fourth-order valence-electron chi connectivity index (χ4n) is 2.94. The Kier molecular flexibility index (Phi) is 5.40. The van der Waals surface area contributed by atoms with E-state index in [2.05, 4.69) is 25.2 Å². The largest absolute Gasteiger partial charge is 0.394 e. The number of halogens is 1. The molecule has 0 aliphatic carbocycles. The Balaban J connectivity index is 1.67. The van der Waals surface area contributed by atoms with Crippen LogP contribution in [0.3, 0.4) is 0 Å². The molecule has 0 bridgehead atoms. The van der Waals surface area contributed by atoms with E-state index < -0.39 is 0 Å². The van der Waals surface area contributed by atoms with Crippen LogP contribution in [0.4, 0.5) is 11.6 Å². The van der Waals surface area contributed by atoms with Crippen LogP contribution in [0.2, 0.25) is 5.28 Å². The highest BCUT2D eigenvalue weighted by Gasteiger charge is 2.19. The molecule has 0 amide bonds. The van der Waals surface area contributed by atoms with Crippen LogP contribution in [0, 0.1) is 0 Å². The predicted octanol–water partition coefficient (Wildman–Crippen LogP) is 3.04. The Bertz CT molecular complexity index is 927. The molecule has 0 aromatic carbocycles. The number of nitrogens with zero attached hydrogens (tertiary/aromatic N) is 4. The number of anilines is 2. The molecule has 4 rings (SSSR count). The highest BCUT2D eigenvalue weighted by molar-refractivity contribution is 7.22. The molecule has 2 N–H and O–H groups in total. The standard InChI is InChI=1S/C18H20ClN5O2S/c1-11(10-25)21-15-3-2-12(9-20-15)14-8-13-16(27-14)17(23-18(19)22-13)24-4-6-26-7-5-24/h2-3,8-9,11,25H,4-7,10H2,1H3,(H,20,21). The third-order valence-electron chi connectivity index (χ3n) is 4.35. The molecule has 9 heteroatoms. The van der Waals surface area contributed by atoms with Crippen molar-refractivity contribution in [3.63, 3.8) is 0 Å². The average molecular weight is 406 g/mol. The Labute approximate surface area is 166 Å². The zero-order valence-electron chi connectivity index (χ0n) is 14.9. The molecule has 1 aliphatic rings. The van der Waals surface area contributed by atoms with E-state index in [1.54, 1.807) is 11.3 Å². The lowest BCUT2D eigenvalue weighted by molar-refractivity contribution is 0.122. The van der Waals surface area contributed by atoms with E-state index >= 15 is 0 Å². The summed E-state index contributed by atoms with van der Waals surface area (Å²) in [7, 11) is 0. The number of rotatable bonds is 5. The normalized spacial score (nSPS) is 15.9. The minimum absolute atomic E-state index is 0.0406. The van der Waals surface area contributed by atoms with Gasteiger partial charge in [0.25, 0.3) is 0 Å². The number of ether oxygens (including phenoxy) is 1. The molecular weight excluding hydrogens is 386 g/mol. The molecule has 7 nitrogen and oxygen atoms in total. The van der Waals surface area contributed by atoms with Gasteiger partial charge in [-0.3, -0.25) is 0 Å². The zero-order valence-corrected chi connectivity index (χ0v) is 16.4. The van der Waals surface area contributed by atoms with E-state index in [0.717, 1.165) is 45.4 Å². The molecular formula is C18H20ClN5O2S. The first-order valence-electron chi connectivity index (χ1n) is 8.77. The Morgan fingerprint density at radius 2 is 2.15 bits per heavy atom. The van der Waals surface area contributed by atoms with Crippen molar-refractivity contribution in [2.24, 2.45) is 0 Å². The quantitative estimate of drug-likeness (QED) is 0.631. The van der Waals surface area contributed by atoms with E-state index in [0.29, 0.717) is 13.2 Å². The van der Waals surface area contributed by atoms with Crippen molar-refractivity contribution in [3.05, 3.63) is 29.7 Å². The topological polar surface area (TPSA) is 83.4 Å². The molecule has 27 heavy (non-hydrogen) atoms. The number of nitrogens with one attached hydrogen (secondary N) is 1. The molecule has 0 radical (unpaired) electrons. The van der Waals surface area contributed by atoms with E-state index in [9.17, 15) is 0 Å². The van der Waals surface area contributed by atoms with Gasteiger partial charge in [0, 0.05) is 35.8 Å². The fraction of sp³-hybridized carbons (Fsp3) is 0.389. The van der Waals surface area contributed by atoms with Crippen molar-refractivity contribution in [1.29, 1.82) is 0 Å². The van der Waals surface area contributed by atoms with Gasteiger partial charge in [0.2, 0.25) is 5.28 Å². The summed E-state index contributed by atoms with van der Waals surface area (Å²) in [5, 5.41) is 12.5. The number of fused-ring (bicyclic) bond motifs is 1. The van der Waals surface area contributed by atoms with E-state index in [1.165, 1.54) is 0 Å². The number of aromatic nitrogens is 3. The first-order valence-corrected chi connectivity index (χ1v) is 9.97. The molecule has 1 unspecified atom stereocenters. The molecule has 3 aromatic heterocycles. The van der Waals surface area contributed by atoms with Gasteiger partial charge in [0.15, 0.2) is 5.82 Å². The summed E-state index contributed by atoms with van der Waals surface area (Å²) in [5.41, 5.74) is 1.84. The summed E-state index contributed by atoms with van der Waals surface area (Å²) in [6, 6.07) is 5.90. The van der Waals surface area contributed by atoms with Gasteiger partial charge in [-0.2, -0.15) is 4.98 Å². The van der Waals surface area contributed by atoms with Crippen molar-refractivity contribution in [1.82, 2.24) is 15.0 Å². The van der Waals surface area contributed by atoms with E-state index in [-0.39, 0.29) is 17.9 Å². The van der Waals surface area contributed by atoms with Gasteiger partial charge in [0.05, 0.1) is 30.0 Å². The third kappa shape index (κ3) is 3.98. The van der Waals surface area contributed by atoms with E-state index in [4.69, 9.17) is 21.4 Å². The van der Waals surface area contributed by atoms with Gasteiger partial charge >= 0.3 is 0 Å². The van der Waals surface area contributed by atoms with Crippen LogP contribution in [-0.4, -0.2) is 59.0 Å². The summed E-state index contributed by atoms with van der Waals surface area (Å²) in [6.07, 6.45) is 1.82. The van der Waals surface area contributed by atoms with Crippen LogP contribution in [0.5, 0.6) is 0 Å². The molecule has 3 aromatic rings. The monoisotopic (exact) mass is 405 g/mol. The maximum atomic E-state index is 9.14. The highest BCUT2D eigenvalue weighted by Crippen LogP contribution is 2.38. The number of pyridine rings is 1. The molecule has 1 fully saturated rings. The average Bonchev–Trinajstić information content (AvgIpc) is 3.12. The van der Waals surface area contributed by atoms with Crippen molar-refractivity contribution >= 4 is 44.8 Å². The molecule has 142 valence electrons. The summed E-state index contributed by atoms with van der Waals surface area (Å²) >= 11 is 7.80. The summed E-state index contributed by atoms with van der Waals surface area (Å²) in [6.45, 7) is 4.92. The van der Waals surface area contributed by atoms with Crippen LogP contribution in [0.15, 0.2) is 24.4 Å². The Morgan fingerprint density at radius 3 is 2.85 bits per heavy atom. The van der Waals surface area contributed by atoms with Crippen molar-refractivity contribution in [3.8, 4) is 10.4 Å². The van der Waals surface area contributed by atoms with Gasteiger partial charge in [-0.25, -0.2) is 9.97 Å². The summed E-state index contributed by atoms with van der Waals surface area (Å²) in [5.74, 6) is 1.60. The van der Waals surface area contributed by atoms with Crippen molar-refractivity contribution in [2.45, 2.75) is 13.0 Å². The number of thiophene rings is 1. The maximum Gasteiger partial charge on any atom is 0.224 e. The highest BCUT2D eigenvalue weighted by atomic mass is 35.5. The zero-order chi connectivity index (χ0) is 18.8. The lowest BCUT2D eigenvalue weighted by Crippen LogP contribution is -2.36. The number of aliphatic hydroxyl groups excluding tert-OH is 1. The number of hydrogen-bond donors (Lipinski definition) is 2. The predicted molar refractivity (Wildman–Crippen MR) is 109 cm³/mol. The van der Waals surface area contributed by atoms with Crippen LogP contribution in [0.25, 0.3) is 20.7 Å². The first kappa shape index (κ1) is 18.4. The summed E-state index contributed by atoms with van der Waals surface area (Å²) < 4.78 is 6.46. The van der Waals surface area contributed by atoms with Crippen LogP contribution in [-0.2, 0) is 4.74 Å². The second kappa shape index (κ2) is 7.93. The van der Waals surface area contributed by atoms with Gasteiger partial charge < -0.3 is 20.1 Å². The van der Waals surface area contributed by atoms with Gasteiger partial charge in [0.1, 0.15) is 5.82 Å². The molecule has 1 saturated heterocycles. The van der Waals surface area contributed by atoms with Crippen LogP contribution in [0.1, 0.15) is 6.92 Å². The molecule has 4 heterocycles.